The zero-order valence-corrected chi connectivity index (χ0v) is 10.1. The highest BCUT2D eigenvalue weighted by Crippen LogP contribution is 2.15. The second-order valence-electron chi connectivity index (χ2n) is 3.49. The van der Waals surface area contributed by atoms with Gasteiger partial charge in [0.1, 0.15) is 0 Å². The molecular formula is C12H16N2O4. The predicted molar refractivity (Wildman–Crippen MR) is 66.4 cm³/mol. The molecule has 1 aromatic carbocycles. The number of rotatable bonds is 6. The molecular weight excluding hydrogens is 236 g/mol. The van der Waals surface area contributed by atoms with E-state index in [1.807, 2.05) is 0 Å². The van der Waals surface area contributed by atoms with Crippen molar-refractivity contribution < 1.29 is 19.4 Å². The number of para-hydroxylation sites is 1. The minimum absolute atomic E-state index is 0.0357. The number of methoxy groups -OCH3 is 1. The number of hydrogen-bond donors (Lipinski definition) is 3. The Morgan fingerprint density at radius 2 is 2.06 bits per heavy atom. The summed E-state index contributed by atoms with van der Waals surface area (Å²) in [6.07, 6.45) is 0. The van der Waals surface area contributed by atoms with E-state index in [1.165, 1.54) is 7.11 Å². The summed E-state index contributed by atoms with van der Waals surface area (Å²) < 4.78 is 4.62. The molecule has 0 saturated carbocycles. The van der Waals surface area contributed by atoms with Gasteiger partial charge in [-0.1, -0.05) is 12.1 Å². The van der Waals surface area contributed by atoms with Crippen molar-refractivity contribution in [2.75, 3.05) is 32.1 Å². The second-order valence-corrected chi connectivity index (χ2v) is 3.49. The van der Waals surface area contributed by atoms with E-state index in [1.54, 1.807) is 24.3 Å². The lowest BCUT2D eigenvalue weighted by atomic mass is 10.2. The Morgan fingerprint density at radius 3 is 2.72 bits per heavy atom. The molecule has 0 bridgehead atoms. The van der Waals surface area contributed by atoms with Crippen LogP contribution >= 0.6 is 0 Å². The average Bonchev–Trinajstić information content (AvgIpc) is 2.39. The summed E-state index contributed by atoms with van der Waals surface area (Å²) in [5.41, 5.74) is 0.704. The first kappa shape index (κ1) is 14.1. The lowest BCUT2D eigenvalue weighted by Crippen LogP contribution is -2.30. The molecule has 0 fully saturated rings. The molecule has 0 spiro atoms. The summed E-state index contributed by atoms with van der Waals surface area (Å²) in [5, 5.41) is 13.9. The van der Waals surface area contributed by atoms with Crippen molar-refractivity contribution in [2.45, 2.75) is 0 Å². The quantitative estimate of drug-likeness (QED) is 0.490. The number of ether oxygens (including phenoxy) is 1. The fourth-order valence-electron chi connectivity index (χ4n) is 1.36. The van der Waals surface area contributed by atoms with Gasteiger partial charge in [-0.3, -0.25) is 4.79 Å². The van der Waals surface area contributed by atoms with Gasteiger partial charge in [0.2, 0.25) is 5.91 Å². The third-order valence-corrected chi connectivity index (χ3v) is 2.18. The number of carbonyl (C=O) groups is 2. The van der Waals surface area contributed by atoms with Gasteiger partial charge in [0.05, 0.1) is 31.5 Å². The Morgan fingerprint density at radius 1 is 1.33 bits per heavy atom. The molecule has 3 N–H and O–H groups in total. The number of carbonyl (C=O) groups excluding carboxylic acids is 2. The SMILES string of the molecule is COC(=O)c1ccccc1NC(=O)CNCCO. The van der Waals surface area contributed by atoms with Crippen molar-refractivity contribution in [1.82, 2.24) is 5.32 Å². The summed E-state index contributed by atoms with van der Waals surface area (Å²) in [6.45, 7) is 0.369. The van der Waals surface area contributed by atoms with Crippen LogP contribution in [-0.4, -0.2) is 43.8 Å². The maximum Gasteiger partial charge on any atom is 0.339 e. The highest BCUT2D eigenvalue weighted by molar-refractivity contribution is 6.01. The molecule has 0 aliphatic carbocycles. The Labute approximate surface area is 105 Å². The summed E-state index contributed by atoms with van der Waals surface area (Å²) >= 11 is 0. The predicted octanol–water partition coefficient (Wildman–Crippen LogP) is -0.00640. The molecule has 0 heterocycles. The average molecular weight is 252 g/mol. The van der Waals surface area contributed by atoms with E-state index in [4.69, 9.17) is 5.11 Å². The molecule has 0 atom stereocenters. The van der Waals surface area contributed by atoms with Crippen LogP contribution in [0.5, 0.6) is 0 Å². The van der Waals surface area contributed by atoms with Crippen molar-refractivity contribution in [2.24, 2.45) is 0 Å². The molecule has 0 saturated heterocycles. The van der Waals surface area contributed by atoms with Crippen molar-refractivity contribution in [1.29, 1.82) is 0 Å². The maximum atomic E-state index is 11.5. The van der Waals surface area contributed by atoms with Gasteiger partial charge in [0, 0.05) is 6.54 Å². The lowest BCUT2D eigenvalue weighted by molar-refractivity contribution is -0.115. The number of anilines is 1. The molecule has 6 nitrogen and oxygen atoms in total. The minimum atomic E-state index is -0.505. The van der Waals surface area contributed by atoms with Crippen LogP contribution < -0.4 is 10.6 Å². The van der Waals surface area contributed by atoms with Crippen LogP contribution in [0.1, 0.15) is 10.4 Å². The van der Waals surface area contributed by atoms with Gasteiger partial charge in [-0.2, -0.15) is 0 Å². The van der Waals surface area contributed by atoms with Gasteiger partial charge in [-0.25, -0.2) is 4.79 Å². The molecule has 6 heteroatoms. The third kappa shape index (κ3) is 4.15. The normalized spacial score (nSPS) is 9.89. The number of nitrogens with one attached hydrogen (secondary N) is 2. The smallest absolute Gasteiger partial charge is 0.339 e. The van der Waals surface area contributed by atoms with E-state index in [2.05, 4.69) is 15.4 Å². The molecule has 1 rings (SSSR count). The van der Waals surface area contributed by atoms with Crippen LogP contribution in [0.25, 0.3) is 0 Å². The van der Waals surface area contributed by atoms with Gasteiger partial charge in [-0.15, -0.1) is 0 Å². The number of amides is 1. The molecule has 0 aliphatic heterocycles. The number of aliphatic hydroxyl groups is 1. The first-order valence-electron chi connectivity index (χ1n) is 5.47. The van der Waals surface area contributed by atoms with Crippen LogP contribution in [0.3, 0.4) is 0 Å². The maximum absolute atomic E-state index is 11.5. The first-order valence-corrected chi connectivity index (χ1v) is 5.47. The van der Waals surface area contributed by atoms with E-state index in [-0.39, 0.29) is 19.1 Å². The van der Waals surface area contributed by atoms with E-state index in [0.717, 1.165) is 0 Å². The molecule has 0 aromatic heterocycles. The summed E-state index contributed by atoms with van der Waals surface area (Å²) in [7, 11) is 1.28. The second kappa shape index (κ2) is 7.41. The van der Waals surface area contributed by atoms with Crippen molar-refractivity contribution in [3.8, 4) is 0 Å². The molecule has 0 unspecified atom stereocenters. The third-order valence-electron chi connectivity index (χ3n) is 2.18. The number of aliphatic hydroxyl groups excluding tert-OH is 1. The van der Waals surface area contributed by atoms with Crippen LogP contribution in [0.15, 0.2) is 24.3 Å². The molecule has 18 heavy (non-hydrogen) atoms. The van der Waals surface area contributed by atoms with E-state index in [0.29, 0.717) is 17.8 Å². The van der Waals surface area contributed by atoms with Gasteiger partial charge < -0.3 is 20.5 Å². The van der Waals surface area contributed by atoms with E-state index in [9.17, 15) is 9.59 Å². The van der Waals surface area contributed by atoms with Crippen molar-refractivity contribution in [3.05, 3.63) is 29.8 Å². The van der Waals surface area contributed by atoms with Crippen LogP contribution in [-0.2, 0) is 9.53 Å². The standard InChI is InChI=1S/C12H16N2O4/c1-18-12(17)9-4-2-3-5-10(9)14-11(16)8-13-6-7-15/h2-5,13,15H,6-8H2,1H3,(H,14,16). The molecule has 98 valence electrons. The van der Waals surface area contributed by atoms with E-state index >= 15 is 0 Å². The highest BCUT2D eigenvalue weighted by atomic mass is 16.5. The first-order chi connectivity index (χ1) is 8.69. The molecule has 0 radical (unpaired) electrons. The topological polar surface area (TPSA) is 87.7 Å². The lowest BCUT2D eigenvalue weighted by Gasteiger charge is -2.09. The Kier molecular flexibility index (Phi) is 5.83. The van der Waals surface area contributed by atoms with Crippen LogP contribution in [0.4, 0.5) is 5.69 Å². The monoisotopic (exact) mass is 252 g/mol. The summed E-state index contributed by atoms with van der Waals surface area (Å²) in [6, 6.07) is 6.59. The van der Waals surface area contributed by atoms with Gasteiger partial charge >= 0.3 is 5.97 Å². The van der Waals surface area contributed by atoms with Crippen molar-refractivity contribution >= 4 is 17.6 Å². The fraction of sp³-hybridized carbons (Fsp3) is 0.333. The number of esters is 1. The highest BCUT2D eigenvalue weighted by Gasteiger charge is 2.12. The van der Waals surface area contributed by atoms with E-state index < -0.39 is 5.97 Å². The minimum Gasteiger partial charge on any atom is -0.465 e. The van der Waals surface area contributed by atoms with Gasteiger partial charge in [-0.05, 0) is 12.1 Å². The Balaban J connectivity index is 2.66. The largest absolute Gasteiger partial charge is 0.465 e. The van der Waals surface area contributed by atoms with Crippen LogP contribution in [0, 0.1) is 0 Å². The molecule has 1 amide bonds. The summed E-state index contributed by atoms with van der Waals surface area (Å²) in [4.78, 5) is 23.0. The molecule has 1 aromatic rings. The van der Waals surface area contributed by atoms with Gasteiger partial charge in [0.25, 0.3) is 0 Å². The molecule has 0 aliphatic rings. The Hall–Kier alpha value is -1.92. The van der Waals surface area contributed by atoms with Gasteiger partial charge in [0.15, 0.2) is 0 Å². The number of hydrogen-bond acceptors (Lipinski definition) is 5. The Bertz CT molecular complexity index is 420. The van der Waals surface area contributed by atoms with Crippen molar-refractivity contribution in [3.63, 3.8) is 0 Å². The number of benzene rings is 1. The van der Waals surface area contributed by atoms with Crippen LogP contribution in [0.2, 0.25) is 0 Å². The zero-order chi connectivity index (χ0) is 13.4. The summed E-state index contributed by atoms with van der Waals surface area (Å²) in [5.74, 6) is -0.797. The fourth-order valence-corrected chi connectivity index (χ4v) is 1.36. The zero-order valence-electron chi connectivity index (χ0n) is 10.1.